The van der Waals surface area contributed by atoms with E-state index in [4.69, 9.17) is 0 Å². The average molecular weight is 338 g/mol. The van der Waals surface area contributed by atoms with Crippen LogP contribution in [0.25, 0.3) is 0 Å². The van der Waals surface area contributed by atoms with Crippen LogP contribution in [-0.2, 0) is 16.3 Å². The van der Waals surface area contributed by atoms with Crippen molar-refractivity contribution in [2.45, 2.75) is 32.2 Å². The summed E-state index contributed by atoms with van der Waals surface area (Å²) >= 11 is 0. The van der Waals surface area contributed by atoms with Crippen LogP contribution in [0.2, 0.25) is 0 Å². The van der Waals surface area contributed by atoms with Crippen molar-refractivity contribution in [3.63, 3.8) is 0 Å². The fourth-order valence-corrected chi connectivity index (χ4v) is 3.35. The van der Waals surface area contributed by atoms with Crippen molar-refractivity contribution in [2.24, 2.45) is 0 Å². The number of carbonyl (C=O) groups is 1. The first-order valence-corrected chi connectivity index (χ1v) is 10.2. The van der Waals surface area contributed by atoms with Gasteiger partial charge >= 0.3 is 0 Å². The number of likely N-dealkylation sites (tertiary alicyclic amines) is 1. The van der Waals surface area contributed by atoms with Gasteiger partial charge in [0.05, 0.1) is 5.75 Å². The predicted molar refractivity (Wildman–Crippen MR) is 92.5 cm³/mol. The van der Waals surface area contributed by atoms with Gasteiger partial charge in [-0.1, -0.05) is 19.1 Å². The van der Waals surface area contributed by atoms with E-state index >= 15 is 0 Å². The molecule has 1 aromatic rings. The quantitative estimate of drug-likeness (QED) is 0.853. The molecule has 0 unspecified atom stereocenters. The molecule has 0 aromatic heterocycles. The molecule has 5 nitrogen and oxygen atoms in total. The average Bonchev–Trinajstić information content (AvgIpc) is 2.53. The first kappa shape index (κ1) is 17.9. The SMILES string of the molecule is CCc1ccc(C(=O)NC2CCN(CCS(C)(=O)=O)CC2)cc1. The molecule has 2 rings (SSSR count). The summed E-state index contributed by atoms with van der Waals surface area (Å²) in [5.74, 6) is 0.176. The number of aryl methyl sites for hydroxylation is 1. The number of hydrogen-bond acceptors (Lipinski definition) is 4. The summed E-state index contributed by atoms with van der Waals surface area (Å²) in [6.45, 7) is 4.33. The fraction of sp³-hybridized carbons (Fsp3) is 0.588. The van der Waals surface area contributed by atoms with Gasteiger partial charge in [-0.15, -0.1) is 0 Å². The molecule has 1 aromatic carbocycles. The number of piperidine rings is 1. The second-order valence-corrected chi connectivity index (χ2v) is 8.53. The minimum absolute atomic E-state index is 0.0257. The van der Waals surface area contributed by atoms with Crippen molar-refractivity contribution >= 4 is 15.7 Å². The number of nitrogens with one attached hydrogen (secondary N) is 1. The zero-order valence-electron chi connectivity index (χ0n) is 13.9. The van der Waals surface area contributed by atoms with Gasteiger partial charge in [-0.2, -0.15) is 0 Å². The number of rotatable bonds is 6. The molecular formula is C17H26N2O3S. The third kappa shape index (κ3) is 5.95. The molecular weight excluding hydrogens is 312 g/mol. The van der Waals surface area contributed by atoms with Gasteiger partial charge in [-0.25, -0.2) is 8.42 Å². The number of carbonyl (C=O) groups excluding carboxylic acids is 1. The number of nitrogens with zero attached hydrogens (tertiary/aromatic N) is 1. The Morgan fingerprint density at radius 1 is 1.22 bits per heavy atom. The Morgan fingerprint density at radius 3 is 2.35 bits per heavy atom. The number of benzene rings is 1. The molecule has 0 aliphatic carbocycles. The van der Waals surface area contributed by atoms with E-state index in [-0.39, 0.29) is 17.7 Å². The standard InChI is InChI=1S/C17H26N2O3S/c1-3-14-4-6-15(7-5-14)17(20)18-16-8-10-19(11-9-16)12-13-23(2,21)22/h4-7,16H,3,8-13H2,1-2H3,(H,18,20). The van der Waals surface area contributed by atoms with Gasteiger partial charge in [-0.05, 0) is 37.0 Å². The lowest BCUT2D eigenvalue weighted by atomic mass is 10.0. The predicted octanol–water partition coefficient (Wildman–Crippen LogP) is 1.49. The van der Waals surface area contributed by atoms with Gasteiger partial charge in [0.1, 0.15) is 9.84 Å². The van der Waals surface area contributed by atoms with Crippen LogP contribution in [0.1, 0.15) is 35.7 Å². The molecule has 1 heterocycles. The number of amides is 1. The summed E-state index contributed by atoms with van der Waals surface area (Å²) in [7, 11) is -2.91. The molecule has 0 saturated carbocycles. The van der Waals surface area contributed by atoms with Gasteiger partial charge in [0.15, 0.2) is 0 Å². The first-order valence-electron chi connectivity index (χ1n) is 8.17. The summed E-state index contributed by atoms with van der Waals surface area (Å²) in [5, 5.41) is 3.08. The Hall–Kier alpha value is -1.40. The minimum atomic E-state index is -2.91. The summed E-state index contributed by atoms with van der Waals surface area (Å²) in [6.07, 6.45) is 3.96. The summed E-state index contributed by atoms with van der Waals surface area (Å²) < 4.78 is 22.4. The second-order valence-electron chi connectivity index (χ2n) is 6.27. The molecule has 1 N–H and O–H groups in total. The smallest absolute Gasteiger partial charge is 0.251 e. The van der Waals surface area contributed by atoms with E-state index in [1.54, 1.807) is 0 Å². The van der Waals surface area contributed by atoms with Crippen LogP contribution in [0.3, 0.4) is 0 Å². The molecule has 1 aliphatic rings. The molecule has 0 spiro atoms. The monoisotopic (exact) mass is 338 g/mol. The molecule has 1 saturated heterocycles. The van der Waals surface area contributed by atoms with Gasteiger partial charge in [0, 0.05) is 37.5 Å². The zero-order valence-corrected chi connectivity index (χ0v) is 14.7. The maximum atomic E-state index is 12.2. The lowest BCUT2D eigenvalue weighted by molar-refractivity contribution is 0.0913. The molecule has 1 fully saturated rings. The highest BCUT2D eigenvalue weighted by atomic mass is 32.2. The molecule has 1 amide bonds. The lowest BCUT2D eigenvalue weighted by Crippen LogP contribution is -2.45. The highest BCUT2D eigenvalue weighted by molar-refractivity contribution is 7.90. The van der Waals surface area contributed by atoms with Crippen LogP contribution in [0, 0.1) is 0 Å². The van der Waals surface area contributed by atoms with Crippen LogP contribution in [-0.4, -0.2) is 56.9 Å². The Bertz CT molecular complexity index is 618. The van der Waals surface area contributed by atoms with E-state index in [1.165, 1.54) is 11.8 Å². The zero-order chi connectivity index (χ0) is 16.9. The largest absolute Gasteiger partial charge is 0.349 e. The van der Waals surface area contributed by atoms with E-state index in [9.17, 15) is 13.2 Å². The second kappa shape index (κ2) is 7.93. The number of sulfone groups is 1. The molecule has 6 heteroatoms. The van der Waals surface area contributed by atoms with Crippen LogP contribution in [0.15, 0.2) is 24.3 Å². The van der Waals surface area contributed by atoms with E-state index in [1.807, 2.05) is 24.3 Å². The summed E-state index contributed by atoms with van der Waals surface area (Å²) in [6, 6.07) is 7.89. The lowest BCUT2D eigenvalue weighted by Gasteiger charge is -2.32. The maximum absolute atomic E-state index is 12.2. The van der Waals surface area contributed by atoms with E-state index in [0.717, 1.165) is 32.4 Å². The van der Waals surface area contributed by atoms with Crippen molar-refractivity contribution in [1.29, 1.82) is 0 Å². The van der Waals surface area contributed by atoms with Gasteiger partial charge in [0.2, 0.25) is 0 Å². The molecule has 1 aliphatic heterocycles. The van der Waals surface area contributed by atoms with E-state index < -0.39 is 9.84 Å². The molecule has 0 bridgehead atoms. The van der Waals surface area contributed by atoms with Crippen LogP contribution in [0.4, 0.5) is 0 Å². The van der Waals surface area contributed by atoms with Crippen LogP contribution < -0.4 is 5.32 Å². The molecule has 0 atom stereocenters. The highest BCUT2D eigenvalue weighted by Crippen LogP contribution is 2.12. The van der Waals surface area contributed by atoms with E-state index in [0.29, 0.717) is 12.1 Å². The van der Waals surface area contributed by atoms with Crippen molar-refractivity contribution in [2.75, 3.05) is 31.6 Å². The van der Waals surface area contributed by atoms with Crippen molar-refractivity contribution in [3.8, 4) is 0 Å². The Balaban J connectivity index is 1.78. The third-order valence-corrected chi connectivity index (χ3v) is 5.25. The Morgan fingerprint density at radius 2 is 1.83 bits per heavy atom. The normalized spacial score (nSPS) is 17.1. The highest BCUT2D eigenvalue weighted by Gasteiger charge is 2.21. The first-order chi connectivity index (χ1) is 10.9. The van der Waals surface area contributed by atoms with E-state index in [2.05, 4.69) is 17.1 Å². The molecule has 128 valence electrons. The van der Waals surface area contributed by atoms with Crippen LogP contribution >= 0.6 is 0 Å². The van der Waals surface area contributed by atoms with Gasteiger partial charge in [0.25, 0.3) is 5.91 Å². The van der Waals surface area contributed by atoms with Crippen LogP contribution in [0.5, 0.6) is 0 Å². The minimum Gasteiger partial charge on any atom is -0.349 e. The fourth-order valence-electron chi connectivity index (χ4n) is 2.76. The van der Waals surface area contributed by atoms with Gasteiger partial charge < -0.3 is 10.2 Å². The molecule has 0 radical (unpaired) electrons. The molecule has 23 heavy (non-hydrogen) atoms. The van der Waals surface area contributed by atoms with Gasteiger partial charge in [-0.3, -0.25) is 4.79 Å². The topological polar surface area (TPSA) is 66.5 Å². The number of hydrogen-bond donors (Lipinski definition) is 1. The summed E-state index contributed by atoms with van der Waals surface area (Å²) in [4.78, 5) is 14.4. The third-order valence-electron chi connectivity index (χ3n) is 4.33. The Labute approximate surface area is 139 Å². The van der Waals surface area contributed by atoms with Crippen molar-refractivity contribution in [1.82, 2.24) is 10.2 Å². The summed E-state index contributed by atoms with van der Waals surface area (Å²) in [5.41, 5.74) is 1.92. The maximum Gasteiger partial charge on any atom is 0.251 e. The Kier molecular flexibility index (Phi) is 6.18. The van der Waals surface area contributed by atoms with Crippen molar-refractivity contribution in [3.05, 3.63) is 35.4 Å². The van der Waals surface area contributed by atoms with Crippen molar-refractivity contribution < 1.29 is 13.2 Å².